The van der Waals surface area contributed by atoms with Crippen molar-refractivity contribution in [1.29, 1.82) is 0 Å². The number of hydrogen-bond acceptors (Lipinski definition) is 4. The van der Waals surface area contributed by atoms with E-state index in [1.165, 1.54) is 6.26 Å². The molecule has 0 spiro atoms. The van der Waals surface area contributed by atoms with Crippen molar-refractivity contribution in [2.75, 3.05) is 6.54 Å². The van der Waals surface area contributed by atoms with Gasteiger partial charge in [-0.2, -0.15) is 4.57 Å². The van der Waals surface area contributed by atoms with Crippen LogP contribution in [0.3, 0.4) is 0 Å². The Morgan fingerprint density at radius 1 is 1.53 bits per heavy atom. The summed E-state index contributed by atoms with van der Waals surface area (Å²) in [5.74, 6) is 0.663. The number of carbonyl (C=O) groups is 1. The van der Waals surface area contributed by atoms with Crippen LogP contribution in [0.15, 0.2) is 41.4 Å². The predicted molar refractivity (Wildman–Crippen MR) is 60.0 cm³/mol. The molecule has 0 unspecified atom stereocenters. The van der Waals surface area contributed by atoms with Crippen molar-refractivity contribution >= 4 is 5.78 Å². The van der Waals surface area contributed by atoms with Crippen molar-refractivity contribution < 1.29 is 13.8 Å². The number of aromatic nitrogens is 2. The number of rotatable bonds is 5. The Labute approximate surface area is 98.9 Å². The Bertz CT molecular complexity index is 494. The molecular formula is C12H14N3O2+. The van der Waals surface area contributed by atoms with Crippen molar-refractivity contribution in [1.82, 2.24) is 4.98 Å². The van der Waals surface area contributed by atoms with Crippen LogP contribution in [0.4, 0.5) is 0 Å². The largest absolute Gasteiger partial charge is 0.443 e. The lowest BCUT2D eigenvalue weighted by atomic mass is 10.1. The Balaban J connectivity index is 2.08. The minimum absolute atomic E-state index is 0.0267. The summed E-state index contributed by atoms with van der Waals surface area (Å²) in [6, 6.07) is 3.79. The van der Waals surface area contributed by atoms with E-state index in [-0.39, 0.29) is 12.3 Å². The van der Waals surface area contributed by atoms with E-state index in [0.717, 1.165) is 5.56 Å². The van der Waals surface area contributed by atoms with Crippen LogP contribution < -0.4 is 10.3 Å². The topological polar surface area (TPSA) is 73.0 Å². The van der Waals surface area contributed by atoms with Gasteiger partial charge in [0.05, 0.1) is 12.7 Å². The summed E-state index contributed by atoms with van der Waals surface area (Å²) < 4.78 is 7.08. The third-order valence-electron chi connectivity index (χ3n) is 2.35. The zero-order valence-electron chi connectivity index (χ0n) is 9.37. The van der Waals surface area contributed by atoms with E-state index in [4.69, 9.17) is 10.2 Å². The monoisotopic (exact) mass is 232 g/mol. The second-order valence-corrected chi connectivity index (χ2v) is 3.73. The van der Waals surface area contributed by atoms with Gasteiger partial charge in [-0.25, -0.2) is 4.98 Å². The van der Waals surface area contributed by atoms with Gasteiger partial charge in [0.25, 0.3) is 5.89 Å². The zero-order valence-corrected chi connectivity index (χ0v) is 9.37. The highest BCUT2D eigenvalue weighted by Crippen LogP contribution is 1.98. The maximum absolute atomic E-state index is 11.2. The van der Waals surface area contributed by atoms with Gasteiger partial charge in [0.2, 0.25) is 6.54 Å². The number of oxazole rings is 1. The van der Waals surface area contributed by atoms with Crippen LogP contribution >= 0.6 is 0 Å². The normalized spacial score (nSPS) is 10.4. The number of nitrogens with two attached hydrogens (primary N) is 1. The van der Waals surface area contributed by atoms with Gasteiger partial charge in [-0.15, -0.1) is 0 Å². The Morgan fingerprint density at radius 3 is 3.12 bits per heavy atom. The SMILES string of the molecule is NCC(=O)Cc1ccc[n+](Cc2ncco2)c1. The van der Waals surface area contributed by atoms with Gasteiger partial charge in [-0.05, 0) is 6.07 Å². The van der Waals surface area contributed by atoms with E-state index in [0.29, 0.717) is 18.9 Å². The first-order chi connectivity index (χ1) is 8.28. The molecule has 0 amide bonds. The number of pyridine rings is 1. The van der Waals surface area contributed by atoms with Crippen LogP contribution in [0, 0.1) is 0 Å². The van der Waals surface area contributed by atoms with Crippen molar-refractivity contribution in [2.45, 2.75) is 13.0 Å². The molecular weight excluding hydrogens is 218 g/mol. The molecule has 0 saturated heterocycles. The van der Waals surface area contributed by atoms with Gasteiger partial charge < -0.3 is 10.2 Å². The van der Waals surface area contributed by atoms with Gasteiger partial charge in [0.1, 0.15) is 6.26 Å². The Morgan fingerprint density at radius 2 is 2.41 bits per heavy atom. The molecule has 2 aromatic heterocycles. The van der Waals surface area contributed by atoms with Crippen molar-refractivity contribution in [2.24, 2.45) is 5.73 Å². The molecule has 0 saturated carbocycles. The molecule has 2 aromatic rings. The third-order valence-corrected chi connectivity index (χ3v) is 2.35. The minimum Gasteiger partial charge on any atom is -0.443 e. The van der Waals surface area contributed by atoms with Crippen LogP contribution in [0.2, 0.25) is 0 Å². The summed E-state index contributed by atoms with van der Waals surface area (Å²) in [5.41, 5.74) is 6.23. The Hall–Kier alpha value is -2.01. The van der Waals surface area contributed by atoms with E-state index < -0.39 is 0 Å². The highest BCUT2D eigenvalue weighted by molar-refractivity contribution is 5.82. The molecule has 2 rings (SSSR count). The molecule has 2 N–H and O–H groups in total. The molecule has 2 heterocycles. The third kappa shape index (κ3) is 3.22. The van der Waals surface area contributed by atoms with E-state index >= 15 is 0 Å². The molecule has 17 heavy (non-hydrogen) atoms. The molecule has 88 valence electrons. The number of ketones is 1. The van der Waals surface area contributed by atoms with E-state index in [2.05, 4.69) is 4.98 Å². The fourth-order valence-corrected chi connectivity index (χ4v) is 1.57. The van der Waals surface area contributed by atoms with E-state index in [1.807, 2.05) is 29.1 Å². The molecule has 0 aromatic carbocycles. The van der Waals surface area contributed by atoms with Crippen LogP contribution in [0.25, 0.3) is 0 Å². The maximum Gasteiger partial charge on any atom is 0.261 e. The van der Waals surface area contributed by atoms with Crippen LogP contribution in [-0.4, -0.2) is 17.3 Å². The second kappa shape index (κ2) is 5.36. The minimum atomic E-state index is 0.0267. The molecule has 0 radical (unpaired) electrons. The first-order valence-electron chi connectivity index (χ1n) is 5.36. The first-order valence-corrected chi connectivity index (χ1v) is 5.36. The number of Topliss-reactive ketones (excluding diaryl/α,β-unsaturated/α-hetero) is 1. The van der Waals surface area contributed by atoms with Gasteiger partial charge in [0, 0.05) is 18.1 Å². The number of carbonyl (C=O) groups excluding carboxylic acids is 1. The molecule has 0 aliphatic heterocycles. The van der Waals surface area contributed by atoms with Gasteiger partial charge >= 0.3 is 0 Å². The lowest BCUT2D eigenvalue weighted by Gasteiger charge is -1.98. The standard InChI is InChI=1S/C12H14N3O2/c13-7-11(16)6-10-2-1-4-15(8-10)9-12-14-3-5-17-12/h1-5,8H,6-7,9,13H2/q+1. The first kappa shape index (κ1) is 11.5. The van der Waals surface area contributed by atoms with Crippen LogP contribution in [-0.2, 0) is 17.8 Å². The summed E-state index contributed by atoms with van der Waals surface area (Å²) in [6.45, 7) is 0.631. The smallest absolute Gasteiger partial charge is 0.261 e. The molecule has 5 heteroatoms. The van der Waals surface area contributed by atoms with Crippen molar-refractivity contribution in [3.8, 4) is 0 Å². The van der Waals surface area contributed by atoms with Crippen LogP contribution in [0.5, 0.6) is 0 Å². The van der Waals surface area contributed by atoms with Crippen molar-refractivity contribution in [3.05, 3.63) is 48.4 Å². The highest BCUT2D eigenvalue weighted by Gasteiger charge is 2.09. The molecule has 5 nitrogen and oxygen atoms in total. The summed E-state index contributed by atoms with van der Waals surface area (Å²) in [7, 11) is 0. The quantitative estimate of drug-likeness (QED) is 0.741. The summed E-state index contributed by atoms with van der Waals surface area (Å²) >= 11 is 0. The van der Waals surface area contributed by atoms with Crippen LogP contribution in [0.1, 0.15) is 11.5 Å². The predicted octanol–water partition coefficient (Wildman–Crippen LogP) is 0.0807. The highest BCUT2D eigenvalue weighted by atomic mass is 16.3. The van der Waals surface area contributed by atoms with Gasteiger partial charge in [-0.1, -0.05) is 0 Å². The molecule has 0 bridgehead atoms. The van der Waals surface area contributed by atoms with Crippen molar-refractivity contribution in [3.63, 3.8) is 0 Å². The fourth-order valence-electron chi connectivity index (χ4n) is 1.57. The summed E-state index contributed by atoms with van der Waals surface area (Å²) in [4.78, 5) is 15.3. The lowest BCUT2D eigenvalue weighted by Crippen LogP contribution is -2.34. The van der Waals surface area contributed by atoms with E-state index in [9.17, 15) is 4.79 Å². The molecule has 0 fully saturated rings. The maximum atomic E-state index is 11.2. The lowest BCUT2D eigenvalue weighted by molar-refractivity contribution is -0.690. The molecule has 0 atom stereocenters. The number of nitrogens with zero attached hydrogens (tertiary/aromatic N) is 2. The average Bonchev–Trinajstić information content (AvgIpc) is 2.82. The second-order valence-electron chi connectivity index (χ2n) is 3.73. The average molecular weight is 232 g/mol. The molecule has 0 aliphatic carbocycles. The zero-order chi connectivity index (χ0) is 12.1. The molecule has 0 aliphatic rings. The summed E-state index contributed by atoms with van der Waals surface area (Å²) in [5, 5.41) is 0. The van der Waals surface area contributed by atoms with Gasteiger partial charge in [0.15, 0.2) is 18.2 Å². The van der Waals surface area contributed by atoms with E-state index in [1.54, 1.807) is 6.20 Å². The summed E-state index contributed by atoms with van der Waals surface area (Å²) in [6.07, 6.45) is 7.32. The van der Waals surface area contributed by atoms with Gasteiger partial charge in [-0.3, -0.25) is 4.79 Å². The fraction of sp³-hybridized carbons (Fsp3) is 0.250. The Kier molecular flexibility index (Phi) is 3.62. The number of hydrogen-bond donors (Lipinski definition) is 1.